The number of fused-ring (bicyclic) bond motifs is 1. The molecule has 0 fully saturated rings. The lowest BCUT2D eigenvalue weighted by molar-refractivity contribution is -0.274. The van der Waals surface area contributed by atoms with Crippen LogP contribution in [0, 0.1) is 0 Å². The van der Waals surface area contributed by atoms with E-state index in [1.165, 1.54) is 16.7 Å². The number of nitrogens with one attached hydrogen (secondary N) is 1. The number of nitrogens with zero attached hydrogens (tertiary/aromatic N) is 2. The molecule has 0 aliphatic heterocycles. The Morgan fingerprint density at radius 1 is 1.23 bits per heavy atom. The smallest absolute Gasteiger partial charge is 0.406 e. The van der Waals surface area contributed by atoms with E-state index >= 15 is 0 Å². The van der Waals surface area contributed by atoms with E-state index in [1.807, 2.05) is 0 Å². The van der Waals surface area contributed by atoms with Crippen molar-refractivity contribution in [2.24, 2.45) is 0 Å². The Morgan fingerprint density at radius 2 is 1.93 bits per heavy atom. The van der Waals surface area contributed by atoms with Gasteiger partial charge in [-0.05, 0) is 49.9 Å². The third-order valence-electron chi connectivity index (χ3n) is 4.49. The van der Waals surface area contributed by atoms with Gasteiger partial charge in [-0.3, -0.25) is 9.36 Å². The van der Waals surface area contributed by atoms with Gasteiger partial charge in [0, 0.05) is 16.9 Å². The average molecular weight is 443 g/mol. The molecule has 1 amide bonds. The summed E-state index contributed by atoms with van der Waals surface area (Å²) >= 11 is 1.14. The zero-order valence-electron chi connectivity index (χ0n) is 15.9. The third kappa shape index (κ3) is 5.76. The largest absolute Gasteiger partial charge is 0.573 e. The molecule has 30 heavy (non-hydrogen) atoms. The van der Waals surface area contributed by atoms with E-state index in [9.17, 15) is 27.9 Å². The van der Waals surface area contributed by atoms with Crippen molar-refractivity contribution >= 4 is 23.4 Å². The monoisotopic (exact) mass is 443 g/mol. The molecule has 7 nitrogen and oxygen atoms in total. The van der Waals surface area contributed by atoms with Crippen molar-refractivity contribution in [2.75, 3.05) is 17.7 Å². The van der Waals surface area contributed by atoms with Crippen molar-refractivity contribution in [1.29, 1.82) is 0 Å². The van der Waals surface area contributed by atoms with Crippen molar-refractivity contribution in [2.45, 2.75) is 43.6 Å². The van der Waals surface area contributed by atoms with E-state index < -0.39 is 12.1 Å². The van der Waals surface area contributed by atoms with Crippen LogP contribution in [0.5, 0.6) is 5.75 Å². The van der Waals surface area contributed by atoms with Crippen LogP contribution >= 0.6 is 11.8 Å². The Labute approximate surface area is 174 Å². The number of aliphatic hydroxyl groups excluding tert-OH is 1. The summed E-state index contributed by atoms with van der Waals surface area (Å²) in [5, 5.41) is 12.3. The van der Waals surface area contributed by atoms with Gasteiger partial charge in [0.2, 0.25) is 5.91 Å². The van der Waals surface area contributed by atoms with Gasteiger partial charge in [0.05, 0.1) is 18.9 Å². The first kappa shape index (κ1) is 22.2. The maximum absolute atomic E-state index is 12.3. The van der Waals surface area contributed by atoms with E-state index in [1.54, 1.807) is 0 Å². The fourth-order valence-electron chi connectivity index (χ4n) is 3.27. The summed E-state index contributed by atoms with van der Waals surface area (Å²) in [6.07, 6.45) is -1.41. The van der Waals surface area contributed by atoms with E-state index in [4.69, 9.17) is 0 Å². The molecule has 2 N–H and O–H groups in total. The predicted octanol–water partition coefficient (Wildman–Crippen LogP) is 2.74. The molecule has 1 aromatic carbocycles. The van der Waals surface area contributed by atoms with Crippen molar-refractivity contribution in [3.8, 4) is 5.75 Å². The quantitative estimate of drug-likeness (QED) is 0.505. The number of rotatable bonds is 7. The molecule has 0 saturated carbocycles. The SMILES string of the molecule is O=C(CSc1nc(=O)n(CCO)c2c1CCCC2)Nc1ccc(OC(F)(F)F)cc1. The summed E-state index contributed by atoms with van der Waals surface area (Å²) in [6.45, 7) is 0.0311. The highest BCUT2D eigenvalue weighted by Gasteiger charge is 2.31. The minimum Gasteiger partial charge on any atom is -0.406 e. The lowest BCUT2D eigenvalue weighted by Crippen LogP contribution is -2.31. The molecule has 1 aromatic heterocycles. The molecular weight excluding hydrogens is 423 g/mol. The van der Waals surface area contributed by atoms with Gasteiger partial charge in [0.15, 0.2) is 0 Å². The molecule has 0 radical (unpaired) electrons. The number of ether oxygens (including phenoxy) is 1. The van der Waals surface area contributed by atoms with Gasteiger partial charge in [-0.15, -0.1) is 13.2 Å². The molecule has 11 heteroatoms. The number of alkyl halides is 3. The van der Waals surface area contributed by atoms with E-state index in [2.05, 4.69) is 15.0 Å². The van der Waals surface area contributed by atoms with Gasteiger partial charge in [0.25, 0.3) is 0 Å². The molecule has 1 aliphatic rings. The topological polar surface area (TPSA) is 93.5 Å². The summed E-state index contributed by atoms with van der Waals surface area (Å²) in [6, 6.07) is 4.82. The first-order valence-electron chi connectivity index (χ1n) is 9.29. The second-order valence-corrected chi connectivity index (χ2v) is 7.58. The Hall–Kier alpha value is -2.53. The lowest BCUT2D eigenvalue weighted by Gasteiger charge is -2.22. The maximum Gasteiger partial charge on any atom is 0.573 e. The molecule has 162 valence electrons. The lowest BCUT2D eigenvalue weighted by atomic mass is 9.97. The van der Waals surface area contributed by atoms with Crippen molar-refractivity contribution in [3.05, 3.63) is 46.0 Å². The standard InChI is InChI=1S/C19H20F3N3O4S/c20-19(21,22)29-13-7-5-12(6-8-13)23-16(27)11-30-17-14-3-1-2-4-15(14)25(9-10-26)18(28)24-17/h5-8,26H,1-4,9-11H2,(H,23,27). The Balaban J connectivity index is 1.65. The van der Waals surface area contributed by atoms with Crippen LogP contribution < -0.4 is 15.7 Å². The minimum atomic E-state index is -4.78. The van der Waals surface area contributed by atoms with Crippen LogP contribution in [0.2, 0.25) is 0 Å². The molecule has 0 atom stereocenters. The number of aliphatic hydroxyl groups is 1. The van der Waals surface area contributed by atoms with Crippen LogP contribution in [0.1, 0.15) is 24.1 Å². The maximum atomic E-state index is 12.3. The molecule has 3 rings (SSSR count). The van der Waals surface area contributed by atoms with Crippen LogP contribution in [0.25, 0.3) is 0 Å². The average Bonchev–Trinajstić information content (AvgIpc) is 2.69. The highest BCUT2D eigenvalue weighted by Crippen LogP contribution is 2.29. The highest BCUT2D eigenvalue weighted by atomic mass is 32.2. The van der Waals surface area contributed by atoms with Crippen molar-refractivity contribution < 1.29 is 27.8 Å². The van der Waals surface area contributed by atoms with E-state index in [0.29, 0.717) is 10.7 Å². The van der Waals surface area contributed by atoms with Gasteiger partial charge in [-0.1, -0.05) is 11.8 Å². The van der Waals surface area contributed by atoms with Crippen LogP contribution in [-0.2, 0) is 24.2 Å². The Kier molecular flexibility index (Phi) is 7.03. The number of aromatic nitrogens is 2. The molecular formula is C19H20F3N3O4S. The number of halogens is 3. The van der Waals surface area contributed by atoms with Gasteiger partial charge >= 0.3 is 12.1 Å². The van der Waals surface area contributed by atoms with Gasteiger partial charge < -0.3 is 15.2 Å². The summed E-state index contributed by atoms with van der Waals surface area (Å²) in [5.41, 5.74) is 1.66. The van der Waals surface area contributed by atoms with Gasteiger partial charge in [0.1, 0.15) is 10.8 Å². The van der Waals surface area contributed by atoms with Crippen LogP contribution in [-0.4, -0.2) is 39.3 Å². The first-order chi connectivity index (χ1) is 14.3. The summed E-state index contributed by atoms with van der Waals surface area (Å²) in [5.74, 6) is -0.770. The second kappa shape index (κ2) is 9.52. The summed E-state index contributed by atoms with van der Waals surface area (Å²) < 4.78 is 41.9. The number of carbonyl (C=O) groups is 1. The first-order valence-corrected chi connectivity index (χ1v) is 10.3. The molecule has 1 heterocycles. The fourth-order valence-corrected chi connectivity index (χ4v) is 4.15. The molecule has 0 spiro atoms. The zero-order chi connectivity index (χ0) is 21.7. The molecule has 0 unspecified atom stereocenters. The van der Waals surface area contributed by atoms with Gasteiger partial charge in [-0.2, -0.15) is 4.98 Å². The number of benzene rings is 1. The number of hydrogen-bond acceptors (Lipinski definition) is 6. The van der Waals surface area contributed by atoms with Crippen LogP contribution in [0.3, 0.4) is 0 Å². The predicted molar refractivity (Wildman–Crippen MR) is 105 cm³/mol. The number of carbonyl (C=O) groups excluding carboxylic acids is 1. The molecule has 0 saturated heterocycles. The van der Waals surface area contributed by atoms with Crippen LogP contribution in [0.15, 0.2) is 34.1 Å². The third-order valence-corrected chi connectivity index (χ3v) is 5.50. The number of hydrogen-bond donors (Lipinski definition) is 2. The Morgan fingerprint density at radius 3 is 2.60 bits per heavy atom. The minimum absolute atomic E-state index is 0.0102. The molecule has 1 aliphatic carbocycles. The fraction of sp³-hybridized carbons (Fsp3) is 0.421. The van der Waals surface area contributed by atoms with E-state index in [-0.39, 0.29) is 30.6 Å². The summed E-state index contributed by atoms with van der Waals surface area (Å²) in [4.78, 5) is 28.6. The van der Waals surface area contributed by atoms with E-state index in [0.717, 1.165) is 60.8 Å². The number of anilines is 1. The summed E-state index contributed by atoms with van der Waals surface area (Å²) in [7, 11) is 0. The van der Waals surface area contributed by atoms with Crippen molar-refractivity contribution in [1.82, 2.24) is 9.55 Å². The normalized spacial score (nSPS) is 13.6. The molecule has 2 aromatic rings. The highest BCUT2D eigenvalue weighted by molar-refractivity contribution is 8.00. The zero-order valence-corrected chi connectivity index (χ0v) is 16.7. The Bertz CT molecular complexity index is 961. The second-order valence-electron chi connectivity index (χ2n) is 6.62. The molecule has 0 bridgehead atoms. The number of thioether (sulfide) groups is 1. The number of amides is 1. The van der Waals surface area contributed by atoms with Gasteiger partial charge in [-0.25, -0.2) is 4.79 Å². The van der Waals surface area contributed by atoms with Crippen molar-refractivity contribution in [3.63, 3.8) is 0 Å². The van der Waals surface area contributed by atoms with Crippen LogP contribution in [0.4, 0.5) is 18.9 Å².